The third kappa shape index (κ3) is 4.36. The lowest BCUT2D eigenvalue weighted by Gasteiger charge is -2.14. The summed E-state index contributed by atoms with van der Waals surface area (Å²) in [5, 5.41) is 5.55. The van der Waals surface area contributed by atoms with Crippen molar-refractivity contribution in [1.82, 2.24) is 4.98 Å². The van der Waals surface area contributed by atoms with Gasteiger partial charge in [0, 0.05) is 23.6 Å². The number of anilines is 1. The van der Waals surface area contributed by atoms with Crippen LogP contribution in [0.2, 0.25) is 0 Å². The highest BCUT2D eigenvalue weighted by atomic mass is 32.1. The number of nitrogens with zero attached hydrogens (tertiary/aromatic N) is 1. The molecule has 0 saturated heterocycles. The third-order valence-electron chi connectivity index (χ3n) is 3.03. The van der Waals surface area contributed by atoms with E-state index in [1.165, 1.54) is 6.07 Å². The Labute approximate surface area is 128 Å². The first-order valence-corrected chi connectivity index (χ1v) is 7.73. The molecule has 1 amide bonds. The predicted molar refractivity (Wildman–Crippen MR) is 84.2 cm³/mol. The Hall–Kier alpha value is -1.75. The Morgan fingerprint density at radius 3 is 2.67 bits per heavy atom. The van der Waals surface area contributed by atoms with Gasteiger partial charge in [-0.05, 0) is 12.1 Å². The van der Waals surface area contributed by atoms with Crippen molar-refractivity contribution in [3.8, 4) is 0 Å². The zero-order valence-electron chi connectivity index (χ0n) is 12.4. The molecule has 0 unspecified atom stereocenters. The second kappa shape index (κ2) is 6.35. The molecule has 0 bridgehead atoms. The zero-order valence-corrected chi connectivity index (χ0v) is 13.3. The number of carbonyl (C=O) groups is 1. The maximum absolute atomic E-state index is 13.4. The van der Waals surface area contributed by atoms with E-state index in [4.69, 9.17) is 0 Å². The number of thiazole rings is 1. The standard InChI is InChI=1S/C16H19FN2OS/c1-16(2,3)13-10-21-15(19-13)9-8-14(20)18-12-7-5-4-6-11(12)17/h4-7,10H,8-9H2,1-3H3,(H,18,20). The van der Waals surface area contributed by atoms with Gasteiger partial charge < -0.3 is 5.32 Å². The maximum atomic E-state index is 13.4. The molecular weight excluding hydrogens is 287 g/mol. The van der Waals surface area contributed by atoms with Crippen LogP contribution in [0.5, 0.6) is 0 Å². The average Bonchev–Trinajstić information content (AvgIpc) is 2.88. The molecule has 3 nitrogen and oxygen atoms in total. The second-order valence-corrected chi connectivity index (χ2v) is 6.85. The van der Waals surface area contributed by atoms with E-state index in [0.29, 0.717) is 12.8 Å². The first kappa shape index (κ1) is 15.6. The molecule has 1 heterocycles. The molecule has 2 aromatic rings. The Bertz CT molecular complexity index is 631. The monoisotopic (exact) mass is 306 g/mol. The highest BCUT2D eigenvalue weighted by Crippen LogP contribution is 2.24. The van der Waals surface area contributed by atoms with Gasteiger partial charge in [-0.3, -0.25) is 4.79 Å². The molecule has 1 N–H and O–H groups in total. The minimum absolute atomic E-state index is 0.0180. The zero-order chi connectivity index (χ0) is 15.5. The van der Waals surface area contributed by atoms with E-state index in [1.54, 1.807) is 29.5 Å². The van der Waals surface area contributed by atoms with Crippen LogP contribution in [0.4, 0.5) is 10.1 Å². The molecule has 0 radical (unpaired) electrons. The average molecular weight is 306 g/mol. The summed E-state index contributed by atoms with van der Waals surface area (Å²) < 4.78 is 13.4. The van der Waals surface area contributed by atoms with Gasteiger partial charge in [0.05, 0.1) is 16.4 Å². The fourth-order valence-corrected chi connectivity index (χ4v) is 2.79. The molecule has 0 atom stereocenters. The molecule has 0 aliphatic carbocycles. The van der Waals surface area contributed by atoms with E-state index >= 15 is 0 Å². The molecule has 0 aliphatic rings. The van der Waals surface area contributed by atoms with Crippen molar-refractivity contribution >= 4 is 22.9 Å². The SMILES string of the molecule is CC(C)(C)c1csc(CCC(=O)Nc2ccccc2F)n1. The largest absolute Gasteiger partial charge is 0.324 e. The number of halogens is 1. The van der Waals surface area contributed by atoms with Gasteiger partial charge in [-0.15, -0.1) is 11.3 Å². The quantitative estimate of drug-likeness (QED) is 0.922. The summed E-state index contributed by atoms with van der Waals surface area (Å²) in [7, 11) is 0. The fraction of sp³-hybridized carbons (Fsp3) is 0.375. The number of nitrogens with one attached hydrogen (secondary N) is 1. The second-order valence-electron chi connectivity index (χ2n) is 5.90. The van der Waals surface area contributed by atoms with Crippen molar-refractivity contribution in [2.24, 2.45) is 0 Å². The summed E-state index contributed by atoms with van der Waals surface area (Å²) in [5.41, 5.74) is 1.28. The number of benzene rings is 1. The van der Waals surface area contributed by atoms with Crippen molar-refractivity contribution < 1.29 is 9.18 Å². The molecule has 2 rings (SSSR count). The van der Waals surface area contributed by atoms with Crippen LogP contribution in [0, 0.1) is 5.82 Å². The van der Waals surface area contributed by atoms with Crippen LogP contribution in [0.3, 0.4) is 0 Å². The molecule has 0 spiro atoms. The van der Waals surface area contributed by atoms with E-state index < -0.39 is 5.82 Å². The molecule has 1 aromatic carbocycles. The molecule has 5 heteroatoms. The molecular formula is C16H19FN2OS. The highest BCUT2D eigenvalue weighted by molar-refractivity contribution is 7.09. The van der Waals surface area contributed by atoms with E-state index in [1.807, 2.05) is 5.38 Å². The number of amides is 1. The van der Waals surface area contributed by atoms with Crippen LogP contribution >= 0.6 is 11.3 Å². The van der Waals surface area contributed by atoms with Gasteiger partial charge in [-0.1, -0.05) is 32.9 Å². The van der Waals surface area contributed by atoms with E-state index in [9.17, 15) is 9.18 Å². The Balaban J connectivity index is 1.90. The van der Waals surface area contributed by atoms with Gasteiger partial charge in [0.15, 0.2) is 0 Å². The van der Waals surface area contributed by atoms with Crippen LogP contribution in [0.25, 0.3) is 0 Å². The first-order chi connectivity index (χ1) is 9.86. The van der Waals surface area contributed by atoms with Crippen molar-refractivity contribution in [2.75, 3.05) is 5.32 Å². The van der Waals surface area contributed by atoms with E-state index in [2.05, 4.69) is 31.1 Å². The number of para-hydroxylation sites is 1. The van der Waals surface area contributed by atoms with E-state index in [-0.39, 0.29) is 17.0 Å². The molecule has 1 aromatic heterocycles. The Kier molecular flexibility index (Phi) is 4.73. The Morgan fingerprint density at radius 2 is 2.05 bits per heavy atom. The number of carbonyl (C=O) groups excluding carboxylic acids is 1. The van der Waals surface area contributed by atoms with Crippen molar-refractivity contribution in [2.45, 2.75) is 39.0 Å². The maximum Gasteiger partial charge on any atom is 0.224 e. The smallest absolute Gasteiger partial charge is 0.224 e. The number of hydrogen-bond acceptors (Lipinski definition) is 3. The normalized spacial score (nSPS) is 11.4. The van der Waals surface area contributed by atoms with E-state index in [0.717, 1.165) is 10.7 Å². The lowest BCUT2D eigenvalue weighted by atomic mass is 9.93. The number of hydrogen-bond donors (Lipinski definition) is 1. The predicted octanol–water partition coefficient (Wildman–Crippen LogP) is 4.15. The molecule has 112 valence electrons. The van der Waals surface area contributed by atoms with Crippen molar-refractivity contribution in [3.63, 3.8) is 0 Å². The lowest BCUT2D eigenvalue weighted by Crippen LogP contribution is -2.14. The number of aryl methyl sites for hydroxylation is 1. The summed E-state index contributed by atoms with van der Waals surface area (Å²) >= 11 is 1.56. The summed E-state index contributed by atoms with van der Waals surface area (Å²) in [6.07, 6.45) is 0.868. The molecule has 0 saturated carbocycles. The summed E-state index contributed by atoms with van der Waals surface area (Å²) in [5.74, 6) is -0.622. The lowest BCUT2D eigenvalue weighted by molar-refractivity contribution is -0.116. The number of aromatic nitrogens is 1. The van der Waals surface area contributed by atoms with Crippen LogP contribution in [-0.2, 0) is 16.6 Å². The topological polar surface area (TPSA) is 42.0 Å². The van der Waals surface area contributed by atoms with Gasteiger partial charge in [-0.2, -0.15) is 0 Å². The minimum Gasteiger partial charge on any atom is -0.324 e. The third-order valence-corrected chi connectivity index (χ3v) is 3.94. The van der Waals surface area contributed by atoms with Gasteiger partial charge in [0.2, 0.25) is 5.91 Å². The fourth-order valence-electron chi connectivity index (χ4n) is 1.77. The summed E-state index contributed by atoms with van der Waals surface area (Å²) in [6.45, 7) is 6.32. The first-order valence-electron chi connectivity index (χ1n) is 6.85. The van der Waals surface area contributed by atoms with Gasteiger partial charge >= 0.3 is 0 Å². The van der Waals surface area contributed by atoms with Crippen LogP contribution in [-0.4, -0.2) is 10.9 Å². The van der Waals surface area contributed by atoms with Crippen molar-refractivity contribution in [3.05, 3.63) is 46.2 Å². The molecule has 21 heavy (non-hydrogen) atoms. The molecule has 0 aliphatic heterocycles. The number of rotatable bonds is 4. The van der Waals surface area contributed by atoms with Crippen molar-refractivity contribution in [1.29, 1.82) is 0 Å². The van der Waals surface area contributed by atoms with Crippen LogP contribution in [0.15, 0.2) is 29.6 Å². The van der Waals surface area contributed by atoms with Gasteiger partial charge in [-0.25, -0.2) is 9.37 Å². The highest BCUT2D eigenvalue weighted by Gasteiger charge is 2.17. The van der Waals surface area contributed by atoms with Crippen LogP contribution in [0.1, 0.15) is 37.9 Å². The van der Waals surface area contributed by atoms with Gasteiger partial charge in [0.1, 0.15) is 5.82 Å². The summed E-state index contributed by atoms with van der Waals surface area (Å²) in [6, 6.07) is 6.16. The Morgan fingerprint density at radius 1 is 1.33 bits per heavy atom. The van der Waals surface area contributed by atoms with Crippen LogP contribution < -0.4 is 5.32 Å². The minimum atomic E-state index is -0.421. The molecule has 0 fully saturated rings. The van der Waals surface area contributed by atoms with Gasteiger partial charge in [0.25, 0.3) is 0 Å². The summed E-state index contributed by atoms with van der Waals surface area (Å²) in [4.78, 5) is 16.4.